The van der Waals surface area contributed by atoms with Gasteiger partial charge in [-0.05, 0) is 62.1 Å². The number of anilines is 1. The first-order valence-corrected chi connectivity index (χ1v) is 17.7. The molecule has 0 spiro atoms. The molecule has 0 saturated carbocycles. The van der Waals surface area contributed by atoms with E-state index in [2.05, 4.69) is 21.3 Å². The highest BCUT2D eigenvalue weighted by atomic mass is 16.2. The van der Waals surface area contributed by atoms with Gasteiger partial charge in [-0.3, -0.25) is 28.8 Å². The van der Waals surface area contributed by atoms with Crippen LogP contribution in [0.1, 0.15) is 82.6 Å². The van der Waals surface area contributed by atoms with Crippen molar-refractivity contribution in [1.82, 2.24) is 25.8 Å². The molecule has 0 bridgehead atoms. The molecule has 2 aliphatic heterocycles. The van der Waals surface area contributed by atoms with E-state index in [0.29, 0.717) is 32.2 Å². The van der Waals surface area contributed by atoms with Crippen LogP contribution >= 0.6 is 0 Å². The van der Waals surface area contributed by atoms with Gasteiger partial charge in [-0.1, -0.05) is 76.6 Å². The zero-order valence-corrected chi connectivity index (χ0v) is 30.0. The summed E-state index contributed by atoms with van der Waals surface area (Å²) in [5, 5.41) is 11.3. The molecule has 4 rings (SSSR count). The van der Waals surface area contributed by atoms with Crippen molar-refractivity contribution in [2.75, 3.05) is 18.9 Å². The quantitative estimate of drug-likeness (QED) is 0.365. The average molecular weight is 689 g/mol. The lowest BCUT2D eigenvalue weighted by Crippen LogP contribution is -2.60. The van der Waals surface area contributed by atoms with Crippen LogP contribution in [0, 0.1) is 11.8 Å². The lowest BCUT2D eigenvalue weighted by Gasteiger charge is -2.39. The van der Waals surface area contributed by atoms with Crippen LogP contribution in [0.4, 0.5) is 5.69 Å². The lowest BCUT2D eigenvalue weighted by atomic mass is 9.96. The average Bonchev–Trinajstić information content (AvgIpc) is 3.11. The van der Waals surface area contributed by atoms with Crippen LogP contribution in [-0.4, -0.2) is 89.0 Å². The number of carbonyl (C=O) groups is 6. The number of nitrogens with zero attached hydrogens (tertiary/aromatic N) is 2. The molecule has 0 aromatic heterocycles. The molecule has 4 N–H and O–H groups in total. The van der Waals surface area contributed by atoms with Crippen LogP contribution in [0.3, 0.4) is 0 Å². The van der Waals surface area contributed by atoms with Gasteiger partial charge >= 0.3 is 0 Å². The van der Waals surface area contributed by atoms with Crippen molar-refractivity contribution in [3.8, 4) is 0 Å². The van der Waals surface area contributed by atoms with Crippen molar-refractivity contribution in [1.29, 1.82) is 0 Å². The predicted molar refractivity (Wildman–Crippen MR) is 191 cm³/mol. The van der Waals surface area contributed by atoms with Crippen molar-refractivity contribution >= 4 is 41.1 Å². The largest absolute Gasteiger partial charge is 0.343 e. The number of benzene rings is 2. The van der Waals surface area contributed by atoms with Gasteiger partial charge in [0.05, 0.1) is 11.3 Å². The van der Waals surface area contributed by atoms with Gasteiger partial charge in [0.15, 0.2) is 0 Å². The van der Waals surface area contributed by atoms with Crippen LogP contribution in [-0.2, 0) is 30.4 Å². The second-order valence-electron chi connectivity index (χ2n) is 14.0. The first-order valence-electron chi connectivity index (χ1n) is 17.7. The normalized spacial score (nSPS) is 25.2. The van der Waals surface area contributed by atoms with Crippen molar-refractivity contribution in [2.24, 2.45) is 11.8 Å². The van der Waals surface area contributed by atoms with E-state index in [1.807, 2.05) is 58.0 Å². The Morgan fingerprint density at radius 2 is 1.48 bits per heavy atom. The number of para-hydroxylation sites is 1. The molecular formula is C38H52N6O6. The van der Waals surface area contributed by atoms with Gasteiger partial charge in [0.25, 0.3) is 5.91 Å². The molecule has 2 heterocycles. The van der Waals surface area contributed by atoms with E-state index in [1.165, 1.54) is 16.7 Å². The Bertz CT molecular complexity index is 1550. The summed E-state index contributed by atoms with van der Waals surface area (Å²) in [5.41, 5.74) is 1.26. The third-order valence-electron chi connectivity index (χ3n) is 9.74. The van der Waals surface area contributed by atoms with E-state index >= 15 is 0 Å². The molecule has 12 nitrogen and oxygen atoms in total. The SMILES string of the molecule is CC[C@H](C)[C@@H]1NC(=O)C(Cc2ccccc2)NC(=O)C(CC(C)C)N(C)C(=O)[C@@H]2CCCCN2C(=O)c2ccccc2NC(=O)[C@@H](C)NC1=O. The summed E-state index contributed by atoms with van der Waals surface area (Å²) in [6.45, 7) is 9.47. The van der Waals surface area contributed by atoms with Gasteiger partial charge in [-0.2, -0.15) is 0 Å². The number of likely N-dealkylation sites (N-methyl/N-ethyl adjacent to an activating group) is 1. The smallest absolute Gasteiger partial charge is 0.256 e. The molecule has 50 heavy (non-hydrogen) atoms. The van der Waals surface area contributed by atoms with E-state index in [9.17, 15) is 28.8 Å². The minimum atomic E-state index is -1.08. The van der Waals surface area contributed by atoms with Crippen LogP contribution < -0.4 is 21.3 Å². The zero-order valence-electron chi connectivity index (χ0n) is 30.0. The molecule has 0 radical (unpaired) electrons. The third-order valence-corrected chi connectivity index (χ3v) is 9.74. The Morgan fingerprint density at radius 3 is 2.16 bits per heavy atom. The molecule has 270 valence electrons. The Labute approximate surface area is 295 Å². The molecule has 2 aromatic rings. The van der Waals surface area contributed by atoms with Crippen molar-refractivity contribution < 1.29 is 28.8 Å². The Balaban J connectivity index is 1.80. The fraction of sp³-hybridized carbons (Fsp3) is 0.526. The maximum absolute atomic E-state index is 14.3. The number of hydrogen-bond donors (Lipinski definition) is 4. The summed E-state index contributed by atoms with van der Waals surface area (Å²) >= 11 is 0. The summed E-state index contributed by atoms with van der Waals surface area (Å²) in [6.07, 6.45) is 2.84. The number of fused-ring (bicyclic) bond motifs is 2. The number of nitrogens with one attached hydrogen (secondary N) is 4. The summed E-state index contributed by atoms with van der Waals surface area (Å²) in [6, 6.07) is 10.9. The van der Waals surface area contributed by atoms with Crippen LogP contribution in [0.5, 0.6) is 0 Å². The minimum Gasteiger partial charge on any atom is -0.343 e. The third kappa shape index (κ3) is 9.28. The highest BCUT2D eigenvalue weighted by Crippen LogP contribution is 2.26. The number of rotatable bonds is 6. The highest BCUT2D eigenvalue weighted by Gasteiger charge is 2.40. The van der Waals surface area contributed by atoms with Gasteiger partial charge in [0.1, 0.15) is 30.2 Å². The van der Waals surface area contributed by atoms with Crippen LogP contribution in [0.2, 0.25) is 0 Å². The van der Waals surface area contributed by atoms with E-state index in [0.717, 1.165) is 12.0 Å². The first-order chi connectivity index (χ1) is 23.8. The van der Waals surface area contributed by atoms with Gasteiger partial charge in [0.2, 0.25) is 29.5 Å². The first kappa shape index (κ1) is 38.1. The number of piperidine rings is 1. The number of hydrogen-bond acceptors (Lipinski definition) is 6. The maximum Gasteiger partial charge on any atom is 0.256 e. The van der Waals surface area contributed by atoms with E-state index in [-0.39, 0.29) is 35.4 Å². The Kier molecular flexibility index (Phi) is 13.1. The van der Waals surface area contributed by atoms with Crippen LogP contribution in [0.25, 0.3) is 0 Å². The molecule has 1 saturated heterocycles. The summed E-state index contributed by atoms with van der Waals surface area (Å²) in [5.74, 6) is -3.26. The number of carbonyl (C=O) groups excluding carboxylic acids is 6. The predicted octanol–water partition coefficient (Wildman–Crippen LogP) is 3.27. The molecule has 6 atom stereocenters. The van der Waals surface area contributed by atoms with E-state index < -0.39 is 59.7 Å². The van der Waals surface area contributed by atoms with Gasteiger partial charge in [-0.25, -0.2) is 0 Å². The minimum absolute atomic E-state index is 0.0176. The maximum atomic E-state index is 14.3. The Morgan fingerprint density at radius 1 is 0.800 bits per heavy atom. The molecule has 2 aromatic carbocycles. The fourth-order valence-electron chi connectivity index (χ4n) is 6.53. The molecule has 2 aliphatic rings. The molecule has 1 fully saturated rings. The lowest BCUT2D eigenvalue weighted by molar-refractivity contribution is -0.144. The standard InChI is InChI=1S/C38H52N6O6/c1-7-24(4)32-36(48)39-25(5)33(45)40-28-18-12-11-17-27(28)37(49)44-20-14-13-19-30(44)38(50)43(6)31(21-23(2)3)35(47)41-29(34(46)42-32)22-26-15-9-8-10-16-26/h8-12,15-18,23-25,29-32H,7,13-14,19-22H2,1-6H3,(H,39,48)(H,40,45)(H,41,47)(H,42,46)/t24-,25+,29?,30-,31?,32-/m0/s1. The molecule has 0 aliphatic carbocycles. The van der Waals surface area contributed by atoms with Crippen molar-refractivity contribution in [3.63, 3.8) is 0 Å². The van der Waals surface area contributed by atoms with E-state index in [1.54, 1.807) is 31.3 Å². The highest BCUT2D eigenvalue weighted by molar-refractivity contribution is 6.07. The molecular weight excluding hydrogens is 636 g/mol. The van der Waals surface area contributed by atoms with Crippen molar-refractivity contribution in [3.05, 3.63) is 65.7 Å². The molecule has 12 heteroatoms. The van der Waals surface area contributed by atoms with Gasteiger partial charge < -0.3 is 31.1 Å². The fourth-order valence-corrected chi connectivity index (χ4v) is 6.53. The second kappa shape index (κ2) is 17.3. The Hall–Kier alpha value is -4.74. The number of amides is 6. The topological polar surface area (TPSA) is 157 Å². The molecule has 2 unspecified atom stereocenters. The van der Waals surface area contributed by atoms with Crippen molar-refractivity contribution in [2.45, 2.75) is 103 Å². The monoisotopic (exact) mass is 688 g/mol. The van der Waals surface area contributed by atoms with Crippen LogP contribution in [0.15, 0.2) is 54.6 Å². The summed E-state index contributed by atoms with van der Waals surface area (Å²) in [7, 11) is 1.57. The zero-order chi connectivity index (χ0) is 36.5. The summed E-state index contributed by atoms with van der Waals surface area (Å²) in [4.78, 5) is 86.7. The second-order valence-corrected chi connectivity index (χ2v) is 14.0. The van der Waals surface area contributed by atoms with Gasteiger partial charge in [0, 0.05) is 20.0 Å². The van der Waals surface area contributed by atoms with Gasteiger partial charge in [-0.15, -0.1) is 0 Å². The summed E-state index contributed by atoms with van der Waals surface area (Å²) < 4.78 is 0. The van der Waals surface area contributed by atoms with E-state index in [4.69, 9.17) is 0 Å². The molecule has 6 amide bonds.